The third-order valence-corrected chi connectivity index (χ3v) is 4.97. The highest BCUT2D eigenvalue weighted by Crippen LogP contribution is 2.21. The van der Waals surface area contributed by atoms with Crippen LogP contribution in [0.2, 0.25) is 0 Å². The molecule has 2 aromatic rings. The Kier molecular flexibility index (Phi) is 5.38. The number of thioether (sulfide) groups is 1. The van der Waals surface area contributed by atoms with Gasteiger partial charge in [0.25, 0.3) is 5.91 Å². The Balaban J connectivity index is 1.66. The molecule has 1 aliphatic heterocycles. The largest absolute Gasteiger partial charge is 0.449 e. The molecule has 1 aromatic heterocycles. The number of hydrogen-bond acceptors (Lipinski definition) is 5. The molecular weight excluding hydrogens is 336 g/mol. The van der Waals surface area contributed by atoms with Crippen LogP contribution in [-0.2, 0) is 22.5 Å². The molecule has 3 rings (SSSR count). The Morgan fingerprint density at radius 2 is 1.96 bits per heavy atom. The van der Waals surface area contributed by atoms with Crippen LogP contribution in [0.5, 0.6) is 0 Å². The summed E-state index contributed by atoms with van der Waals surface area (Å²) in [6.07, 6.45) is 3.47. The van der Waals surface area contributed by atoms with E-state index in [2.05, 4.69) is 11.1 Å². The van der Waals surface area contributed by atoms with Crippen molar-refractivity contribution < 1.29 is 14.3 Å². The Labute approximate surface area is 151 Å². The zero-order valence-electron chi connectivity index (χ0n) is 14.3. The molecule has 0 unspecified atom stereocenters. The number of carbonyl (C=O) groups excluding carboxylic acids is 2. The van der Waals surface area contributed by atoms with Crippen molar-refractivity contribution in [3.63, 3.8) is 0 Å². The number of hydrogen-bond donors (Lipinski definition) is 0. The Hall–Kier alpha value is -2.34. The third-order valence-electron chi connectivity index (χ3n) is 4.26. The van der Waals surface area contributed by atoms with E-state index in [4.69, 9.17) is 4.74 Å². The lowest BCUT2D eigenvalue weighted by molar-refractivity contribution is -0.140. The van der Waals surface area contributed by atoms with Crippen LogP contribution < -0.4 is 0 Å². The monoisotopic (exact) mass is 356 g/mol. The zero-order valence-corrected chi connectivity index (χ0v) is 15.1. The molecule has 1 atom stereocenters. The Morgan fingerprint density at radius 1 is 1.20 bits per heavy atom. The fourth-order valence-electron chi connectivity index (χ4n) is 2.92. The first kappa shape index (κ1) is 17.5. The molecule has 130 valence electrons. The van der Waals surface area contributed by atoms with Crippen LogP contribution in [0.15, 0.2) is 47.6 Å². The van der Waals surface area contributed by atoms with E-state index in [1.807, 2.05) is 24.5 Å². The van der Waals surface area contributed by atoms with Gasteiger partial charge in [0.15, 0.2) is 6.10 Å². The molecule has 1 aromatic carbocycles. The minimum Gasteiger partial charge on any atom is -0.449 e. The number of amides is 1. The number of nitrogens with zero attached hydrogens (tertiary/aromatic N) is 2. The molecule has 1 aliphatic rings. The lowest BCUT2D eigenvalue weighted by atomic mass is 9.99. The average Bonchev–Trinajstić information content (AvgIpc) is 2.66. The number of ether oxygens (including phenoxy) is 1. The van der Waals surface area contributed by atoms with E-state index in [1.54, 1.807) is 30.2 Å². The van der Waals surface area contributed by atoms with Gasteiger partial charge in [-0.05, 0) is 42.9 Å². The SMILES string of the molecule is CSc1ncccc1C(=O)O[C@H](C)C(=O)N1CCc2ccccc2C1. The molecular formula is C19H20N2O3S. The van der Waals surface area contributed by atoms with E-state index >= 15 is 0 Å². The third kappa shape index (κ3) is 3.85. The maximum atomic E-state index is 12.7. The summed E-state index contributed by atoms with van der Waals surface area (Å²) in [7, 11) is 0. The number of carbonyl (C=O) groups is 2. The van der Waals surface area contributed by atoms with Crippen LogP contribution in [0.4, 0.5) is 0 Å². The molecule has 0 saturated carbocycles. The topological polar surface area (TPSA) is 59.5 Å². The number of fused-ring (bicyclic) bond motifs is 1. The van der Waals surface area contributed by atoms with Gasteiger partial charge in [-0.15, -0.1) is 11.8 Å². The summed E-state index contributed by atoms with van der Waals surface area (Å²) >= 11 is 1.37. The molecule has 25 heavy (non-hydrogen) atoms. The quantitative estimate of drug-likeness (QED) is 0.623. The van der Waals surface area contributed by atoms with Crippen LogP contribution in [0.25, 0.3) is 0 Å². The zero-order chi connectivity index (χ0) is 17.8. The summed E-state index contributed by atoms with van der Waals surface area (Å²) in [4.78, 5) is 30.9. The molecule has 1 amide bonds. The minimum absolute atomic E-state index is 0.169. The van der Waals surface area contributed by atoms with Crippen molar-refractivity contribution in [2.24, 2.45) is 0 Å². The van der Waals surface area contributed by atoms with Crippen LogP contribution in [0.3, 0.4) is 0 Å². The normalized spacial score (nSPS) is 14.6. The molecule has 0 fully saturated rings. The number of pyridine rings is 1. The van der Waals surface area contributed by atoms with Gasteiger partial charge >= 0.3 is 5.97 Å². The number of aromatic nitrogens is 1. The minimum atomic E-state index is -0.826. The summed E-state index contributed by atoms with van der Waals surface area (Å²) in [5.74, 6) is -0.687. The summed E-state index contributed by atoms with van der Waals surface area (Å²) in [6, 6.07) is 11.5. The van der Waals surface area contributed by atoms with E-state index in [9.17, 15) is 9.59 Å². The fourth-order valence-corrected chi connectivity index (χ4v) is 3.46. The number of esters is 1. The van der Waals surface area contributed by atoms with Gasteiger partial charge in [0, 0.05) is 19.3 Å². The summed E-state index contributed by atoms with van der Waals surface area (Å²) in [6.45, 7) is 2.82. The summed E-state index contributed by atoms with van der Waals surface area (Å²) < 4.78 is 5.40. The first-order valence-corrected chi connectivity index (χ1v) is 9.38. The molecule has 2 heterocycles. The highest BCUT2D eigenvalue weighted by molar-refractivity contribution is 7.98. The number of benzene rings is 1. The first-order valence-electron chi connectivity index (χ1n) is 8.15. The van der Waals surface area contributed by atoms with Crippen molar-refractivity contribution in [2.45, 2.75) is 31.0 Å². The molecule has 0 spiro atoms. The average molecular weight is 356 g/mol. The standard InChI is InChI=1S/C19H20N2O3S/c1-13(24-19(23)16-8-5-10-20-17(16)25-2)18(22)21-11-9-14-6-3-4-7-15(14)12-21/h3-8,10,13H,9,11-12H2,1-2H3/t13-/m1/s1. The van der Waals surface area contributed by atoms with Crippen molar-refractivity contribution in [2.75, 3.05) is 12.8 Å². The van der Waals surface area contributed by atoms with E-state index in [-0.39, 0.29) is 5.91 Å². The molecule has 6 heteroatoms. The van der Waals surface area contributed by atoms with Crippen LogP contribution in [-0.4, -0.2) is 40.7 Å². The van der Waals surface area contributed by atoms with Crippen LogP contribution >= 0.6 is 11.8 Å². The Bertz CT molecular complexity index is 794. The van der Waals surface area contributed by atoms with Crippen molar-refractivity contribution in [3.8, 4) is 0 Å². The van der Waals surface area contributed by atoms with Crippen molar-refractivity contribution in [3.05, 3.63) is 59.3 Å². The smallest absolute Gasteiger partial charge is 0.341 e. The van der Waals surface area contributed by atoms with Gasteiger partial charge in [-0.1, -0.05) is 24.3 Å². The van der Waals surface area contributed by atoms with Gasteiger partial charge in [0.1, 0.15) is 5.03 Å². The van der Waals surface area contributed by atoms with Gasteiger partial charge in [0.05, 0.1) is 5.56 Å². The van der Waals surface area contributed by atoms with E-state index < -0.39 is 12.1 Å². The first-order chi connectivity index (χ1) is 12.1. The van der Waals surface area contributed by atoms with Gasteiger partial charge in [-0.3, -0.25) is 4.79 Å². The Morgan fingerprint density at radius 3 is 2.72 bits per heavy atom. The molecule has 0 radical (unpaired) electrons. The second kappa shape index (κ2) is 7.70. The maximum absolute atomic E-state index is 12.7. The van der Waals surface area contributed by atoms with Crippen LogP contribution in [0, 0.1) is 0 Å². The highest BCUT2D eigenvalue weighted by atomic mass is 32.2. The summed E-state index contributed by atoms with van der Waals surface area (Å²) in [5.41, 5.74) is 2.81. The highest BCUT2D eigenvalue weighted by Gasteiger charge is 2.27. The predicted molar refractivity (Wildman–Crippen MR) is 96.5 cm³/mol. The van der Waals surface area contributed by atoms with E-state index in [0.29, 0.717) is 23.7 Å². The second-order valence-electron chi connectivity index (χ2n) is 5.89. The lowest BCUT2D eigenvalue weighted by Gasteiger charge is -2.30. The molecule has 0 saturated heterocycles. The second-order valence-corrected chi connectivity index (χ2v) is 6.68. The number of rotatable bonds is 4. The van der Waals surface area contributed by atoms with E-state index in [1.165, 1.54) is 17.3 Å². The van der Waals surface area contributed by atoms with Gasteiger partial charge in [-0.25, -0.2) is 9.78 Å². The lowest BCUT2D eigenvalue weighted by Crippen LogP contribution is -2.42. The van der Waals surface area contributed by atoms with Crippen molar-refractivity contribution in [1.29, 1.82) is 0 Å². The molecule has 5 nitrogen and oxygen atoms in total. The molecule has 0 aliphatic carbocycles. The van der Waals surface area contributed by atoms with Gasteiger partial charge < -0.3 is 9.64 Å². The maximum Gasteiger partial charge on any atom is 0.341 e. The van der Waals surface area contributed by atoms with Gasteiger partial charge in [-0.2, -0.15) is 0 Å². The van der Waals surface area contributed by atoms with Crippen LogP contribution in [0.1, 0.15) is 28.4 Å². The van der Waals surface area contributed by atoms with Gasteiger partial charge in [0.2, 0.25) is 0 Å². The fraction of sp³-hybridized carbons (Fsp3) is 0.316. The molecule has 0 bridgehead atoms. The predicted octanol–water partition coefficient (Wildman–Crippen LogP) is 2.93. The molecule has 0 N–H and O–H groups in total. The van der Waals surface area contributed by atoms with Crippen molar-refractivity contribution in [1.82, 2.24) is 9.88 Å². The van der Waals surface area contributed by atoms with E-state index in [0.717, 1.165) is 12.0 Å². The van der Waals surface area contributed by atoms with Crippen molar-refractivity contribution >= 4 is 23.6 Å². The summed E-state index contributed by atoms with van der Waals surface area (Å²) in [5, 5.41) is 0.596.